The molecular formula is C33H48O12Si. The number of aliphatic hydroxyl groups excluding tert-OH is 2. The first kappa shape index (κ1) is 35.3. The van der Waals surface area contributed by atoms with Crippen LogP contribution in [-0.4, -0.2) is 109 Å². The fourth-order valence-electron chi connectivity index (χ4n) is 8.35. The number of rotatable bonds is 10. The Kier molecular flexibility index (Phi) is 9.54. The van der Waals surface area contributed by atoms with Crippen LogP contribution >= 0.6 is 0 Å². The summed E-state index contributed by atoms with van der Waals surface area (Å²) in [7, 11) is -3.94. The van der Waals surface area contributed by atoms with Gasteiger partial charge in [-0.25, -0.2) is 4.79 Å². The van der Waals surface area contributed by atoms with Gasteiger partial charge in [0.05, 0.1) is 35.9 Å². The van der Waals surface area contributed by atoms with Crippen molar-refractivity contribution in [2.45, 2.75) is 103 Å². The normalized spacial score (nSPS) is 38.6. The molecule has 0 aromatic heterocycles. The Balaban J connectivity index is 1.77. The number of fused-ring (bicyclic) bond motifs is 5. The number of ether oxygens (including phenoxy) is 2. The van der Waals surface area contributed by atoms with Crippen LogP contribution in [0.5, 0.6) is 0 Å². The molecule has 5 rings (SSSR count). The summed E-state index contributed by atoms with van der Waals surface area (Å²) in [6.07, 6.45) is -7.00. The van der Waals surface area contributed by atoms with Crippen LogP contribution in [0.3, 0.4) is 0 Å². The molecule has 13 heteroatoms. The third-order valence-corrected chi connectivity index (χ3v) is 13.4. The van der Waals surface area contributed by atoms with Crippen molar-refractivity contribution in [1.82, 2.24) is 0 Å². The second-order valence-electron chi connectivity index (χ2n) is 13.5. The van der Waals surface area contributed by atoms with Crippen LogP contribution in [-0.2, 0) is 32.0 Å². The van der Waals surface area contributed by atoms with Crippen LogP contribution in [0.2, 0.25) is 0 Å². The second kappa shape index (κ2) is 12.4. The van der Waals surface area contributed by atoms with Crippen molar-refractivity contribution in [3.63, 3.8) is 0 Å². The Bertz CT molecular complexity index is 1330. The van der Waals surface area contributed by atoms with Crippen molar-refractivity contribution in [3.05, 3.63) is 47.0 Å². The maximum absolute atomic E-state index is 15.0. The van der Waals surface area contributed by atoms with Crippen LogP contribution in [0.15, 0.2) is 41.5 Å². The number of hydrogen-bond donors (Lipinski definition) is 4. The van der Waals surface area contributed by atoms with E-state index in [0.29, 0.717) is 5.57 Å². The molecule has 3 aliphatic carbocycles. The molecular weight excluding hydrogens is 616 g/mol. The van der Waals surface area contributed by atoms with E-state index in [2.05, 4.69) is 0 Å². The van der Waals surface area contributed by atoms with Gasteiger partial charge in [0, 0.05) is 44.0 Å². The number of Topliss-reactive ketones (excluding diaryl/α,β-unsaturated/α-hetero) is 1. The number of benzene rings is 1. The van der Waals surface area contributed by atoms with Gasteiger partial charge in [-0.2, -0.15) is 0 Å². The lowest BCUT2D eigenvalue weighted by Crippen LogP contribution is -2.81. The van der Waals surface area contributed by atoms with E-state index in [-0.39, 0.29) is 50.4 Å². The lowest BCUT2D eigenvalue weighted by atomic mass is 9.45. The zero-order valence-corrected chi connectivity index (χ0v) is 28.6. The lowest BCUT2D eigenvalue weighted by Gasteiger charge is -2.67. The van der Waals surface area contributed by atoms with Crippen molar-refractivity contribution >= 4 is 20.8 Å². The minimum atomic E-state index is -3.94. The number of hydrogen-bond acceptors (Lipinski definition) is 12. The van der Waals surface area contributed by atoms with E-state index < -0.39 is 79.3 Å². The zero-order chi connectivity index (χ0) is 33.9. The molecule has 4 aliphatic rings. The van der Waals surface area contributed by atoms with Gasteiger partial charge in [-0.05, 0) is 57.9 Å². The van der Waals surface area contributed by atoms with E-state index in [1.165, 1.54) is 0 Å². The third kappa shape index (κ3) is 5.15. The highest BCUT2D eigenvalue weighted by molar-refractivity contribution is 6.53. The van der Waals surface area contributed by atoms with Crippen LogP contribution in [0, 0.1) is 16.7 Å². The Hall–Kier alpha value is -2.04. The maximum Gasteiger partial charge on any atom is 0.679 e. The van der Waals surface area contributed by atoms with Gasteiger partial charge in [-0.3, -0.25) is 4.79 Å². The standard InChI is InChI=1S/C33H48O12Si/c1-8-41-46(42-9-2,43-10-3)45-22-16-23-32(38,18-40-23)26-28(44-29(37)20-14-12-11-13-15-20)33(39)17-21(34)19(4)24(30(33,5)6)25(35)27(36)31(22,26)7/h11-15,21-23,25-26,28,34-35,38-39H,8-10,16-18H2,1-7H3/t21?,22-,23?,25?,26?,28?,31+,32?,33?/m0/s1. The number of carbonyl (C=O) groups is 2. The van der Waals surface area contributed by atoms with Gasteiger partial charge in [-0.1, -0.05) is 32.0 Å². The van der Waals surface area contributed by atoms with Crippen molar-refractivity contribution in [2.75, 3.05) is 26.4 Å². The fourth-order valence-corrected chi connectivity index (χ4v) is 10.6. The molecule has 0 spiro atoms. The SMILES string of the molecule is CCO[Si](OCC)(OCC)O[C@H]1CC2OCC2(O)C2C(OC(=O)c3ccccc3)C3(O)CC(O)C(C)=C(C(O)C(=O)[C@@]21C)C3(C)C. The van der Waals surface area contributed by atoms with Gasteiger partial charge in [0.15, 0.2) is 5.78 Å². The molecule has 0 amide bonds. The fraction of sp³-hybridized carbons (Fsp3) is 0.697. The smallest absolute Gasteiger partial charge is 0.455 e. The molecule has 1 aromatic rings. The van der Waals surface area contributed by atoms with E-state index in [1.54, 1.807) is 78.8 Å². The van der Waals surface area contributed by atoms with Crippen molar-refractivity contribution < 1.29 is 57.2 Å². The largest absolute Gasteiger partial charge is 0.679 e. The molecule has 3 fully saturated rings. The van der Waals surface area contributed by atoms with E-state index in [9.17, 15) is 30.0 Å². The van der Waals surface area contributed by atoms with Crippen molar-refractivity contribution in [1.29, 1.82) is 0 Å². The maximum atomic E-state index is 15.0. The molecule has 12 nitrogen and oxygen atoms in total. The van der Waals surface area contributed by atoms with Crippen molar-refractivity contribution in [3.8, 4) is 0 Å². The van der Waals surface area contributed by atoms with Gasteiger partial charge in [0.2, 0.25) is 0 Å². The van der Waals surface area contributed by atoms with Crippen LogP contribution in [0.4, 0.5) is 0 Å². The predicted octanol–water partition coefficient (Wildman–Crippen LogP) is 2.08. The highest BCUT2D eigenvalue weighted by Crippen LogP contribution is 2.63. The monoisotopic (exact) mass is 664 g/mol. The quantitative estimate of drug-likeness (QED) is 0.163. The first-order valence-corrected chi connectivity index (χ1v) is 17.7. The topological polar surface area (TPSA) is 170 Å². The lowest BCUT2D eigenvalue weighted by molar-refractivity contribution is -0.344. The van der Waals surface area contributed by atoms with Gasteiger partial charge in [-0.15, -0.1) is 0 Å². The van der Waals surface area contributed by atoms with E-state index in [1.807, 2.05) is 0 Å². The summed E-state index contributed by atoms with van der Waals surface area (Å²) in [5.74, 6) is -2.90. The summed E-state index contributed by atoms with van der Waals surface area (Å²) in [4.78, 5) is 28.8. The summed E-state index contributed by atoms with van der Waals surface area (Å²) in [6.45, 7) is 12.0. The summed E-state index contributed by atoms with van der Waals surface area (Å²) >= 11 is 0. The van der Waals surface area contributed by atoms with Gasteiger partial charge in [0.25, 0.3) is 0 Å². The van der Waals surface area contributed by atoms with E-state index >= 15 is 0 Å². The third-order valence-electron chi connectivity index (χ3n) is 10.9. The van der Waals surface area contributed by atoms with Crippen molar-refractivity contribution in [2.24, 2.45) is 16.7 Å². The average molecular weight is 665 g/mol. The minimum Gasteiger partial charge on any atom is -0.455 e. The molecule has 1 aliphatic heterocycles. The molecule has 7 unspecified atom stereocenters. The molecule has 1 saturated heterocycles. The molecule has 0 radical (unpaired) electrons. The van der Waals surface area contributed by atoms with Crippen LogP contribution in [0.25, 0.3) is 0 Å². The number of aliphatic hydroxyl groups is 4. The van der Waals surface area contributed by atoms with Gasteiger partial charge >= 0.3 is 15.0 Å². The summed E-state index contributed by atoms with van der Waals surface area (Å²) in [6, 6.07) is 8.19. The highest BCUT2D eigenvalue weighted by Gasteiger charge is 2.77. The van der Waals surface area contributed by atoms with Crippen LogP contribution < -0.4 is 0 Å². The molecule has 4 N–H and O–H groups in total. The average Bonchev–Trinajstić information content (AvgIpc) is 3.00. The number of esters is 1. The second-order valence-corrected chi connectivity index (χ2v) is 15.6. The number of carbonyl (C=O) groups excluding carboxylic acids is 2. The van der Waals surface area contributed by atoms with E-state index in [4.69, 9.17) is 27.2 Å². The van der Waals surface area contributed by atoms with E-state index in [0.717, 1.165) is 0 Å². The van der Waals surface area contributed by atoms with Gasteiger partial charge in [0.1, 0.15) is 23.4 Å². The Morgan fingerprint density at radius 1 is 1.00 bits per heavy atom. The predicted molar refractivity (Wildman–Crippen MR) is 165 cm³/mol. The molecule has 256 valence electrons. The zero-order valence-electron chi connectivity index (χ0n) is 27.6. The Labute approximate surface area is 271 Å². The number of ketones is 1. The first-order chi connectivity index (χ1) is 21.6. The summed E-state index contributed by atoms with van der Waals surface area (Å²) in [5, 5.41) is 48.6. The summed E-state index contributed by atoms with van der Waals surface area (Å²) in [5.41, 5.74) is -6.44. The first-order valence-electron chi connectivity index (χ1n) is 16.1. The molecule has 2 bridgehead atoms. The van der Waals surface area contributed by atoms with Crippen LogP contribution in [0.1, 0.15) is 71.7 Å². The summed E-state index contributed by atoms with van der Waals surface area (Å²) < 4.78 is 36.7. The molecule has 1 heterocycles. The Morgan fingerprint density at radius 2 is 1.59 bits per heavy atom. The molecule has 2 saturated carbocycles. The Morgan fingerprint density at radius 3 is 2.11 bits per heavy atom. The highest BCUT2D eigenvalue weighted by atomic mass is 28.4. The molecule has 9 atom stereocenters. The molecule has 1 aromatic carbocycles. The molecule has 46 heavy (non-hydrogen) atoms. The van der Waals surface area contributed by atoms with Gasteiger partial charge < -0.3 is 47.6 Å². The minimum absolute atomic E-state index is 0.00817.